The maximum Gasteiger partial charge on any atom is 0.00344 e. The van der Waals surface area contributed by atoms with Crippen LogP contribution in [-0.4, -0.2) is 5.33 Å². The van der Waals surface area contributed by atoms with Crippen molar-refractivity contribution in [3.8, 4) is 0 Å². The van der Waals surface area contributed by atoms with Gasteiger partial charge in [-0.2, -0.15) is 0 Å². The zero-order chi connectivity index (χ0) is 11.5. The third-order valence-electron chi connectivity index (χ3n) is 2.79. The number of halogens is 1. The van der Waals surface area contributed by atoms with Crippen molar-refractivity contribution >= 4 is 15.9 Å². The Morgan fingerprint density at radius 2 is 1.87 bits per heavy atom. The Morgan fingerprint density at radius 1 is 1.20 bits per heavy atom. The van der Waals surface area contributed by atoms with E-state index in [1.165, 1.54) is 29.5 Å². The molecule has 0 N–H and O–H groups in total. The van der Waals surface area contributed by atoms with Crippen LogP contribution in [0.3, 0.4) is 0 Å². The number of alkyl halides is 1. The third kappa shape index (κ3) is 3.64. The molecule has 0 heterocycles. The molecule has 1 aromatic carbocycles. The second-order valence-electron chi connectivity index (χ2n) is 5.18. The molecule has 84 valence electrons. The van der Waals surface area contributed by atoms with E-state index >= 15 is 0 Å². The smallest absolute Gasteiger partial charge is 0.00344 e. The van der Waals surface area contributed by atoms with Gasteiger partial charge >= 0.3 is 0 Å². The lowest BCUT2D eigenvalue weighted by Gasteiger charge is -2.20. The Bertz CT molecular complexity index is 321. The summed E-state index contributed by atoms with van der Waals surface area (Å²) in [5.74, 6) is 0. The first-order chi connectivity index (χ1) is 6.95. The molecule has 0 fully saturated rings. The molecule has 0 spiro atoms. The van der Waals surface area contributed by atoms with Gasteiger partial charge in [0.25, 0.3) is 0 Å². The van der Waals surface area contributed by atoms with Crippen molar-refractivity contribution < 1.29 is 0 Å². The minimum absolute atomic E-state index is 0.261. The predicted molar refractivity (Wildman–Crippen MR) is 72.0 cm³/mol. The molecule has 1 heteroatoms. The van der Waals surface area contributed by atoms with Gasteiger partial charge in [0.1, 0.15) is 0 Å². The standard InChI is InChI=1S/C14H21Br/c1-11-7-8-13(14(2,3)4)10-12(11)6-5-9-15/h7-8,10H,5-6,9H2,1-4H3. The van der Waals surface area contributed by atoms with Crippen molar-refractivity contribution in [1.82, 2.24) is 0 Å². The van der Waals surface area contributed by atoms with Crippen LogP contribution in [0, 0.1) is 6.92 Å². The highest BCUT2D eigenvalue weighted by atomic mass is 79.9. The van der Waals surface area contributed by atoms with Gasteiger partial charge in [0, 0.05) is 5.33 Å². The fourth-order valence-corrected chi connectivity index (χ4v) is 1.94. The van der Waals surface area contributed by atoms with Crippen LogP contribution >= 0.6 is 15.9 Å². The predicted octanol–water partition coefficient (Wildman–Crippen LogP) is 4.62. The Morgan fingerprint density at radius 3 is 2.40 bits per heavy atom. The van der Waals surface area contributed by atoms with E-state index in [0.29, 0.717) is 0 Å². The zero-order valence-electron chi connectivity index (χ0n) is 10.2. The SMILES string of the molecule is Cc1ccc(C(C)(C)C)cc1CCCBr. The number of benzene rings is 1. The highest BCUT2D eigenvalue weighted by Gasteiger charge is 2.14. The summed E-state index contributed by atoms with van der Waals surface area (Å²) < 4.78 is 0. The minimum Gasteiger partial charge on any atom is -0.0928 e. The van der Waals surface area contributed by atoms with Crippen LogP contribution in [0.4, 0.5) is 0 Å². The molecule has 0 aromatic heterocycles. The van der Waals surface area contributed by atoms with Crippen LogP contribution in [-0.2, 0) is 11.8 Å². The fraction of sp³-hybridized carbons (Fsp3) is 0.571. The van der Waals surface area contributed by atoms with E-state index in [-0.39, 0.29) is 5.41 Å². The second kappa shape index (κ2) is 5.16. The van der Waals surface area contributed by atoms with Crippen molar-refractivity contribution in [2.45, 2.75) is 46.0 Å². The molecule has 0 aliphatic heterocycles. The lowest BCUT2D eigenvalue weighted by molar-refractivity contribution is 0.589. The largest absolute Gasteiger partial charge is 0.0928 e. The van der Waals surface area contributed by atoms with Crippen LogP contribution < -0.4 is 0 Å². The van der Waals surface area contributed by atoms with Crippen molar-refractivity contribution in [1.29, 1.82) is 0 Å². The molecule has 0 atom stereocenters. The maximum atomic E-state index is 3.49. The minimum atomic E-state index is 0.261. The summed E-state index contributed by atoms with van der Waals surface area (Å²) in [5, 5.41) is 1.09. The summed E-state index contributed by atoms with van der Waals surface area (Å²) in [6.45, 7) is 9.01. The van der Waals surface area contributed by atoms with E-state index in [4.69, 9.17) is 0 Å². The van der Waals surface area contributed by atoms with E-state index in [2.05, 4.69) is 61.8 Å². The molecule has 0 unspecified atom stereocenters. The van der Waals surface area contributed by atoms with Gasteiger partial charge in [-0.1, -0.05) is 54.9 Å². The van der Waals surface area contributed by atoms with Gasteiger partial charge in [-0.05, 0) is 41.9 Å². The van der Waals surface area contributed by atoms with E-state index in [0.717, 1.165) is 5.33 Å². The van der Waals surface area contributed by atoms with Gasteiger partial charge in [0.2, 0.25) is 0 Å². The quantitative estimate of drug-likeness (QED) is 0.702. The van der Waals surface area contributed by atoms with Gasteiger partial charge < -0.3 is 0 Å². The highest BCUT2D eigenvalue weighted by Crippen LogP contribution is 2.25. The van der Waals surface area contributed by atoms with Gasteiger partial charge in [0.15, 0.2) is 0 Å². The van der Waals surface area contributed by atoms with Crippen molar-refractivity contribution in [3.05, 3.63) is 34.9 Å². The first-order valence-electron chi connectivity index (χ1n) is 5.61. The van der Waals surface area contributed by atoms with Gasteiger partial charge in [-0.15, -0.1) is 0 Å². The molecule has 0 nitrogen and oxygen atoms in total. The van der Waals surface area contributed by atoms with Crippen molar-refractivity contribution in [3.63, 3.8) is 0 Å². The first-order valence-corrected chi connectivity index (χ1v) is 6.73. The lowest BCUT2D eigenvalue weighted by atomic mass is 9.85. The third-order valence-corrected chi connectivity index (χ3v) is 3.36. The Hall–Kier alpha value is -0.300. The molecule has 0 aliphatic rings. The molecular formula is C14H21Br. The topological polar surface area (TPSA) is 0 Å². The van der Waals surface area contributed by atoms with Crippen LogP contribution in [0.5, 0.6) is 0 Å². The Kier molecular flexibility index (Phi) is 4.39. The summed E-state index contributed by atoms with van der Waals surface area (Å²) in [6.07, 6.45) is 2.40. The molecule has 0 aliphatic carbocycles. The molecular weight excluding hydrogens is 248 g/mol. The number of aryl methyl sites for hydroxylation is 2. The average molecular weight is 269 g/mol. The van der Waals surface area contributed by atoms with Gasteiger partial charge in [-0.25, -0.2) is 0 Å². The van der Waals surface area contributed by atoms with E-state index < -0.39 is 0 Å². The molecule has 1 rings (SSSR count). The fourth-order valence-electron chi connectivity index (χ4n) is 1.66. The van der Waals surface area contributed by atoms with Gasteiger partial charge in [0.05, 0.1) is 0 Å². The highest BCUT2D eigenvalue weighted by molar-refractivity contribution is 9.09. The average Bonchev–Trinajstić information content (AvgIpc) is 2.15. The summed E-state index contributed by atoms with van der Waals surface area (Å²) in [5.41, 5.74) is 4.63. The first kappa shape index (κ1) is 12.8. The molecule has 0 amide bonds. The summed E-state index contributed by atoms with van der Waals surface area (Å²) in [7, 11) is 0. The maximum absolute atomic E-state index is 3.49. The molecule has 0 saturated heterocycles. The van der Waals surface area contributed by atoms with Crippen LogP contribution in [0.2, 0.25) is 0 Å². The van der Waals surface area contributed by atoms with Crippen molar-refractivity contribution in [2.75, 3.05) is 5.33 Å². The van der Waals surface area contributed by atoms with Crippen LogP contribution in [0.15, 0.2) is 18.2 Å². The van der Waals surface area contributed by atoms with Crippen LogP contribution in [0.25, 0.3) is 0 Å². The Labute approximate surface area is 102 Å². The second-order valence-corrected chi connectivity index (χ2v) is 5.98. The monoisotopic (exact) mass is 268 g/mol. The molecule has 15 heavy (non-hydrogen) atoms. The molecule has 1 aromatic rings. The zero-order valence-corrected chi connectivity index (χ0v) is 11.8. The number of hydrogen-bond acceptors (Lipinski definition) is 0. The molecule has 0 bridgehead atoms. The van der Waals surface area contributed by atoms with Crippen molar-refractivity contribution in [2.24, 2.45) is 0 Å². The summed E-state index contributed by atoms with van der Waals surface area (Å²) in [4.78, 5) is 0. The Balaban J connectivity index is 2.95. The number of hydrogen-bond donors (Lipinski definition) is 0. The lowest BCUT2D eigenvalue weighted by Crippen LogP contribution is -2.11. The van der Waals surface area contributed by atoms with E-state index in [9.17, 15) is 0 Å². The van der Waals surface area contributed by atoms with E-state index in [1.54, 1.807) is 0 Å². The number of rotatable bonds is 3. The summed E-state index contributed by atoms with van der Waals surface area (Å²) in [6, 6.07) is 6.88. The normalized spacial score (nSPS) is 11.8. The summed E-state index contributed by atoms with van der Waals surface area (Å²) >= 11 is 3.49. The molecule has 0 saturated carbocycles. The molecule has 0 radical (unpaired) electrons. The van der Waals surface area contributed by atoms with Gasteiger partial charge in [-0.3, -0.25) is 0 Å². The van der Waals surface area contributed by atoms with E-state index in [1.807, 2.05) is 0 Å². The van der Waals surface area contributed by atoms with Crippen LogP contribution in [0.1, 0.15) is 43.9 Å².